The van der Waals surface area contributed by atoms with Crippen molar-refractivity contribution in [1.82, 2.24) is 5.32 Å². The van der Waals surface area contributed by atoms with Crippen LogP contribution < -0.4 is 5.32 Å². The van der Waals surface area contributed by atoms with Crippen LogP contribution in [0.2, 0.25) is 0 Å². The molecule has 32 heavy (non-hydrogen) atoms. The van der Waals surface area contributed by atoms with Gasteiger partial charge in [-0.3, -0.25) is 0 Å². The molecule has 2 aromatic carbocycles. The number of nitrogens with one attached hydrogen (secondary N) is 1. The minimum absolute atomic E-state index is 0.0507. The fourth-order valence-electron chi connectivity index (χ4n) is 3.86. The van der Waals surface area contributed by atoms with Gasteiger partial charge in [0.15, 0.2) is 6.29 Å². The van der Waals surface area contributed by atoms with Crippen LogP contribution in [0.5, 0.6) is 0 Å². The summed E-state index contributed by atoms with van der Waals surface area (Å²) in [5.74, 6) is 0.0507. The maximum Gasteiger partial charge on any atom is 0.408 e. The highest BCUT2D eigenvalue weighted by Crippen LogP contribution is 2.28. The lowest BCUT2D eigenvalue weighted by Crippen LogP contribution is -2.47. The lowest BCUT2D eigenvalue weighted by atomic mass is 9.90. The van der Waals surface area contributed by atoms with Gasteiger partial charge in [0.2, 0.25) is 0 Å². The summed E-state index contributed by atoms with van der Waals surface area (Å²) in [4.78, 5) is 12.2. The van der Waals surface area contributed by atoms with E-state index in [0.29, 0.717) is 19.6 Å². The third kappa shape index (κ3) is 7.05. The maximum absolute atomic E-state index is 12.2. The van der Waals surface area contributed by atoms with Gasteiger partial charge in [-0.05, 0) is 57.2 Å². The highest BCUT2D eigenvalue weighted by molar-refractivity contribution is 5.68. The van der Waals surface area contributed by atoms with Crippen LogP contribution in [-0.2, 0) is 20.6 Å². The van der Waals surface area contributed by atoms with Gasteiger partial charge in [0.1, 0.15) is 5.60 Å². The van der Waals surface area contributed by atoms with Crippen LogP contribution in [0.3, 0.4) is 0 Å². The Balaban J connectivity index is 1.69. The average molecular weight is 442 g/mol. The molecule has 1 unspecified atom stereocenters. The lowest BCUT2D eigenvalue weighted by molar-refractivity contribution is -0.159. The Morgan fingerprint density at radius 2 is 1.81 bits per heavy atom. The molecular weight excluding hydrogens is 406 g/mol. The smallest absolute Gasteiger partial charge is 0.408 e. The van der Waals surface area contributed by atoms with Crippen LogP contribution in [0.15, 0.2) is 54.6 Å². The first-order chi connectivity index (χ1) is 15.2. The largest absolute Gasteiger partial charge is 0.444 e. The van der Waals surface area contributed by atoms with Crippen molar-refractivity contribution in [2.24, 2.45) is 5.92 Å². The quantitative estimate of drug-likeness (QED) is 0.728. The average Bonchev–Trinajstić information content (AvgIpc) is 2.79. The second kappa shape index (κ2) is 10.9. The molecule has 1 fully saturated rings. The fraction of sp³-hybridized carbons (Fsp3) is 0.500. The zero-order valence-electron chi connectivity index (χ0n) is 19.4. The third-order valence-electron chi connectivity index (χ3n) is 5.55. The zero-order chi connectivity index (χ0) is 23.1. The van der Waals surface area contributed by atoms with E-state index in [9.17, 15) is 9.90 Å². The van der Waals surface area contributed by atoms with E-state index in [1.165, 1.54) is 16.7 Å². The molecule has 0 radical (unpaired) electrons. The van der Waals surface area contributed by atoms with Gasteiger partial charge in [0, 0.05) is 12.5 Å². The molecule has 1 amide bonds. The van der Waals surface area contributed by atoms with Crippen molar-refractivity contribution in [1.29, 1.82) is 0 Å². The molecule has 2 aromatic rings. The van der Waals surface area contributed by atoms with Crippen LogP contribution in [0.4, 0.5) is 4.79 Å². The van der Waals surface area contributed by atoms with Crippen LogP contribution >= 0.6 is 0 Å². The Bertz CT molecular complexity index is 864. The van der Waals surface area contributed by atoms with E-state index in [2.05, 4.69) is 29.6 Å². The third-order valence-corrected chi connectivity index (χ3v) is 5.55. The molecule has 1 heterocycles. The molecule has 0 aliphatic carbocycles. The molecule has 174 valence electrons. The number of rotatable bonds is 4. The molecule has 0 spiro atoms. The van der Waals surface area contributed by atoms with Crippen molar-refractivity contribution < 1.29 is 24.1 Å². The zero-order valence-corrected chi connectivity index (χ0v) is 19.4. The number of ether oxygens (including phenoxy) is 3. The standard InChI is InChI=1S/C26H35NO5/c1-18-21(16-20-12-8-9-13-22(20)19-10-6-5-7-11-19)17-30-15-14-23(24(28)31-18)27-25(29)32-26(2,3)4/h5-13,18,21,23-24,28H,14-17H2,1-4H3,(H,27,29)/t18-,21+,23-,24?/m0/s1. The predicted octanol–water partition coefficient (Wildman–Crippen LogP) is 4.55. The Morgan fingerprint density at radius 1 is 1.12 bits per heavy atom. The Kier molecular flexibility index (Phi) is 8.29. The first-order valence-corrected chi connectivity index (χ1v) is 11.3. The van der Waals surface area contributed by atoms with Crippen LogP contribution in [-0.4, -0.2) is 48.5 Å². The molecule has 0 bridgehead atoms. The second-order valence-corrected chi connectivity index (χ2v) is 9.34. The van der Waals surface area contributed by atoms with Crippen molar-refractivity contribution in [3.63, 3.8) is 0 Å². The Labute approximate surface area is 190 Å². The van der Waals surface area contributed by atoms with Crippen molar-refractivity contribution in [3.05, 3.63) is 60.2 Å². The SMILES string of the molecule is C[C@@H]1OC(O)[C@@H](NC(=O)OC(C)(C)C)CCOC[C@H]1Cc1ccccc1-c1ccccc1. The van der Waals surface area contributed by atoms with Crippen LogP contribution in [0, 0.1) is 5.92 Å². The molecule has 2 N–H and O–H groups in total. The van der Waals surface area contributed by atoms with Gasteiger partial charge in [0.25, 0.3) is 0 Å². The monoisotopic (exact) mass is 441 g/mol. The fourth-order valence-corrected chi connectivity index (χ4v) is 3.86. The van der Waals surface area contributed by atoms with Gasteiger partial charge in [-0.1, -0.05) is 54.6 Å². The summed E-state index contributed by atoms with van der Waals surface area (Å²) in [6, 6.07) is 18.0. The van der Waals surface area contributed by atoms with Gasteiger partial charge in [0.05, 0.1) is 18.8 Å². The lowest BCUT2D eigenvalue weighted by Gasteiger charge is -2.29. The molecule has 1 aliphatic rings. The first-order valence-electron chi connectivity index (χ1n) is 11.3. The van der Waals surface area contributed by atoms with Crippen molar-refractivity contribution in [2.45, 2.75) is 64.6 Å². The number of amides is 1. The molecule has 6 heteroatoms. The van der Waals surface area contributed by atoms with E-state index >= 15 is 0 Å². The summed E-state index contributed by atoms with van der Waals surface area (Å²) in [6.07, 6.45) is -0.810. The molecule has 4 atom stereocenters. The summed E-state index contributed by atoms with van der Waals surface area (Å²) in [5, 5.41) is 13.4. The molecule has 0 aromatic heterocycles. The van der Waals surface area contributed by atoms with E-state index in [4.69, 9.17) is 14.2 Å². The summed E-state index contributed by atoms with van der Waals surface area (Å²) < 4.78 is 17.2. The number of hydrogen-bond acceptors (Lipinski definition) is 5. The molecule has 3 rings (SSSR count). The number of aliphatic hydroxyl groups excluding tert-OH is 1. The van der Waals surface area contributed by atoms with Gasteiger partial charge < -0.3 is 24.6 Å². The van der Waals surface area contributed by atoms with Gasteiger partial charge >= 0.3 is 6.09 Å². The minimum Gasteiger partial charge on any atom is -0.444 e. The number of carbonyl (C=O) groups excluding carboxylic acids is 1. The van der Waals surface area contributed by atoms with Crippen molar-refractivity contribution in [2.75, 3.05) is 13.2 Å². The van der Waals surface area contributed by atoms with Crippen molar-refractivity contribution in [3.8, 4) is 11.1 Å². The molecule has 6 nitrogen and oxygen atoms in total. The molecule has 1 aliphatic heterocycles. The second-order valence-electron chi connectivity index (χ2n) is 9.34. The number of benzene rings is 2. The maximum atomic E-state index is 12.2. The van der Waals surface area contributed by atoms with Gasteiger partial charge in [-0.2, -0.15) is 0 Å². The molecule has 0 saturated carbocycles. The van der Waals surface area contributed by atoms with E-state index in [1.54, 1.807) is 20.8 Å². The van der Waals surface area contributed by atoms with Crippen LogP contribution in [0.25, 0.3) is 11.1 Å². The first kappa shape index (κ1) is 24.2. The highest BCUT2D eigenvalue weighted by atomic mass is 16.6. The van der Waals surface area contributed by atoms with E-state index < -0.39 is 24.0 Å². The Hall–Kier alpha value is -2.41. The van der Waals surface area contributed by atoms with E-state index in [1.807, 2.05) is 37.3 Å². The number of aliphatic hydroxyl groups is 1. The van der Waals surface area contributed by atoms with Gasteiger partial charge in [-0.15, -0.1) is 0 Å². The summed E-state index contributed by atoms with van der Waals surface area (Å²) in [7, 11) is 0. The topological polar surface area (TPSA) is 77.0 Å². The minimum atomic E-state index is -1.15. The van der Waals surface area contributed by atoms with E-state index in [-0.39, 0.29) is 12.0 Å². The highest BCUT2D eigenvalue weighted by Gasteiger charge is 2.31. The summed E-state index contributed by atoms with van der Waals surface area (Å²) >= 11 is 0. The molecule has 1 saturated heterocycles. The van der Waals surface area contributed by atoms with Crippen LogP contribution in [0.1, 0.15) is 39.7 Å². The summed E-state index contributed by atoms with van der Waals surface area (Å²) in [6.45, 7) is 8.25. The Morgan fingerprint density at radius 3 is 2.53 bits per heavy atom. The number of alkyl carbamates (subject to hydrolysis) is 1. The van der Waals surface area contributed by atoms with Crippen molar-refractivity contribution >= 4 is 6.09 Å². The van der Waals surface area contributed by atoms with Gasteiger partial charge in [-0.25, -0.2) is 4.79 Å². The normalized spacial score (nSPS) is 24.7. The molecular formula is C26H35NO5. The number of carbonyl (C=O) groups is 1. The van der Waals surface area contributed by atoms with E-state index in [0.717, 1.165) is 6.42 Å². The summed E-state index contributed by atoms with van der Waals surface area (Å²) in [5.41, 5.74) is 2.95. The number of hydrogen-bond donors (Lipinski definition) is 2. The predicted molar refractivity (Wildman–Crippen MR) is 124 cm³/mol.